The monoisotopic (exact) mass is 492 g/mol. The summed E-state index contributed by atoms with van der Waals surface area (Å²) in [5.74, 6) is 1.82. The number of benzene rings is 1. The Morgan fingerprint density at radius 3 is 2.31 bits per heavy atom. The van der Waals surface area contributed by atoms with E-state index < -0.39 is 0 Å². The van der Waals surface area contributed by atoms with Crippen LogP contribution in [0.4, 0.5) is 17.5 Å². The summed E-state index contributed by atoms with van der Waals surface area (Å²) in [5.41, 5.74) is 3.32. The molecule has 1 aromatic carbocycles. The third kappa shape index (κ3) is 5.94. The predicted octanol–water partition coefficient (Wildman–Crippen LogP) is 5.44. The van der Waals surface area contributed by atoms with E-state index in [1.54, 1.807) is 6.07 Å². The standard InChI is InChI=1S/C23H30Cl2N6S/c1-31(2)21-19-5-3-4-6-20(19)29-22(30-21)26-16-7-9-17(10-8-16)27-23(32)28-18-12-14(24)11-15(25)13-18/h11-13,16-17H,3-10H2,1-2H3,(H,26,29,30)(H2,27,28,32)/t16-,17+. The van der Waals surface area contributed by atoms with Gasteiger partial charge in [0.15, 0.2) is 5.11 Å². The van der Waals surface area contributed by atoms with E-state index in [1.165, 1.54) is 24.1 Å². The SMILES string of the molecule is CN(C)c1nc(N[C@H]2CC[C@@H](NC(=S)Nc3cc(Cl)cc(Cl)c3)CC2)nc2c1CCCC2. The van der Waals surface area contributed by atoms with Crippen LogP contribution in [0.5, 0.6) is 0 Å². The van der Waals surface area contributed by atoms with Crippen molar-refractivity contribution in [2.45, 2.75) is 63.5 Å². The van der Waals surface area contributed by atoms with Crippen molar-refractivity contribution in [3.05, 3.63) is 39.5 Å². The number of anilines is 3. The van der Waals surface area contributed by atoms with Gasteiger partial charge in [0.1, 0.15) is 5.82 Å². The second-order valence-corrected chi connectivity index (χ2v) is 10.1. The quantitative estimate of drug-likeness (QED) is 0.480. The Balaban J connectivity index is 1.30. The molecule has 0 atom stereocenters. The molecule has 0 unspecified atom stereocenters. The summed E-state index contributed by atoms with van der Waals surface area (Å²) in [4.78, 5) is 11.8. The van der Waals surface area contributed by atoms with E-state index in [4.69, 9.17) is 45.4 Å². The van der Waals surface area contributed by atoms with Gasteiger partial charge in [0, 0.05) is 47.5 Å². The maximum Gasteiger partial charge on any atom is 0.225 e. The van der Waals surface area contributed by atoms with Gasteiger partial charge in [0.2, 0.25) is 5.95 Å². The van der Waals surface area contributed by atoms with Crippen LogP contribution in [0.15, 0.2) is 18.2 Å². The third-order valence-corrected chi connectivity index (χ3v) is 6.76. The lowest BCUT2D eigenvalue weighted by molar-refractivity contribution is 0.387. The van der Waals surface area contributed by atoms with Crippen molar-refractivity contribution in [1.82, 2.24) is 15.3 Å². The van der Waals surface area contributed by atoms with Crippen molar-refractivity contribution in [3.8, 4) is 0 Å². The Hall–Kier alpha value is -1.83. The van der Waals surface area contributed by atoms with Gasteiger partial charge in [-0.05, 0) is 81.8 Å². The Morgan fingerprint density at radius 2 is 1.62 bits per heavy atom. The molecule has 0 aliphatic heterocycles. The van der Waals surface area contributed by atoms with Crippen molar-refractivity contribution >= 4 is 58.0 Å². The highest BCUT2D eigenvalue weighted by Gasteiger charge is 2.24. The van der Waals surface area contributed by atoms with Gasteiger partial charge in [-0.3, -0.25) is 0 Å². The molecule has 172 valence electrons. The summed E-state index contributed by atoms with van der Waals surface area (Å²) >= 11 is 17.6. The van der Waals surface area contributed by atoms with Crippen LogP contribution in [0.3, 0.4) is 0 Å². The van der Waals surface area contributed by atoms with Crippen LogP contribution >= 0.6 is 35.4 Å². The van der Waals surface area contributed by atoms with E-state index in [2.05, 4.69) is 34.9 Å². The fourth-order valence-corrected chi connectivity index (χ4v) is 5.36. The molecule has 3 N–H and O–H groups in total. The van der Waals surface area contributed by atoms with Crippen LogP contribution in [-0.4, -0.2) is 41.3 Å². The normalized spacial score (nSPS) is 20.2. The zero-order valence-electron chi connectivity index (χ0n) is 18.5. The number of hydrogen-bond acceptors (Lipinski definition) is 5. The van der Waals surface area contributed by atoms with Gasteiger partial charge >= 0.3 is 0 Å². The topological polar surface area (TPSA) is 65.1 Å². The first kappa shape index (κ1) is 23.3. The number of fused-ring (bicyclic) bond motifs is 1. The van der Waals surface area contributed by atoms with E-state index >= 15 is 0 Å². The van der Waals surface area contributed by atoms with E-state index in [0.29, 0.717) is 27.2 Å². The number of aryl methyl sites for hydroxylation is 1. The van der Waals surface area contributed by atoms with Crippen LogP contribution < -0.4 is 20.9 Å². The second kappa shape index (κ2) is 10.4. The van der Waals surface area contributed by atoms with Crippen molar-refractivity contribution in [3.63, 3.8) is 0 Å². The van der Waals surface area contributed by atoms with Crippen molar-refractivity contribution < 1.29 is 0 Å². The van der Waals surface area contributed by atoms with Crippen LogP contribution in [-0.2, 0) is 12.8 Å². The smallest absolute Gasteiger partial charge is 0.225 e. The van der Waals surface area contributed by atoms with Gasteiger partial charge in [0.05, 0.1) is 5.69 Å². The molecule has 1 aromatic heterocycles. The average molecular weight is 494 g/mol. The highest BCUT2D eigenvalue weighted by atomic mass is 35.5. The lowest BCUT2D eigenvalue weighted by Gasteiger charge is -2.31. The third-order valence-electron chi connectivity index (χ3n) is 6.10. The Morgan fingerprint density at radius 1 is 0.969 bits per heavy atom. The summed E-state index contributed by atoms with van der Waals surface area (Å²) in [5, 5.41) is 12.0. The average Bonchev–Trinajstić information content (AvgIpc) is 2.73. The summed E-state index contributed by atoms with van der Waals surface area (Å²) in [6.07, 6.45) is 8.70. The summed E-state index contributed by atoms with van der Waals surface area (Å²) in [6, 6.07) is 6.03. The van der Waals surface area contributed by atoms with Crippen molar-refractivity contribution in [2.75, 3.05) is 29.6 Å². The van der Waals surface area contributed by atoms with Gasteiger partial charge < -0.3 is 20.9 Å². The summed E-state index contributed by atoms with van der Waals surface area (Å²) in [6.45, 7) is 0. The summed E-state index contributed by atoms with van der Waals surface area (Å²) in [7, 11) is 4.12. The molecule has 1 heterocycles. The number of aromatic nitrogens is 2. The summed E-state index contributed by atoms with van der Waals surface area (Å²) < 4.78 is 0. The highest BCUT2D eigenvalue weighted by molar-refractivity contribution is 7.80. The molecular formula is C23H30Cl2N6S. The predicted molar refractivity (Wildman–Crippen MR) is 138 cm³/mol. The number of nitrogens with one attached hydrogen (secondary N) is 3. The van der Waals surface area contributed by atoms with Crippen molar-refractivity contribution in [2.24, 2.45) is 0 Å². The molecule has 1 saturated carbocycles. The van der Waals surface area contributed by atoms with Crippen LogP contribution in [0, 0.1) is 0 Å². The largest absolute Gasteiger partial charge is 0.362 e. The molecule has 2 aromatic rings. The minimum absolute atomic E-state index is 0.337. The molecule has 4 rings (SSSR count). The molecule has 0 radical (unpaired) electrons. The molecule has 6 nitrogen and oxygen atoms in total. The fourth-order valence-electron chi connectivity index (χ4n) is 4.55. The van der Waals surface area contributed by atoms with E-state index in [1.807, 2.05) is 12.1 Å². The minimum atomic E-state index is 0.337. The molecular weight excluding hydrogens is 463 g/mol. The van der Waals surface area contributed by atoms with Crippen LogP contribution in [0.1, 0.15) is 49.8 Å². The van der Waals surface area contributed by atoms with Gasteiger partial charge in [-0.1, -0.05) is 23.2 Å². The Bertz CT molecular complexity index is 955. The number of halogens is 2. The highest BCUT2D eigenvalue weighted by Crippen LogP contribution is 2.29. The molecule has 1 fully saturated rings. The maximum atomic E-state index is 6.07. The van der Waals surface area contributed by atoms with Gasteiger partial charge in [-0.15, -0.1) is 0 Å². The molecule has 0 amide bonds. The van der Waals surface area contributed by atoms with Crippen LogP contribution in [0.25, 0.3) is 0 Å². The molecule has 0 bridgehead atoms. The second-order valence-electron chi connectivity index (χ2n) is 8.85. The van der Waals surface area contributed by atoms with Crippen LogP contribution in [0.2, 0.25) is 10.0 Å². The zero-order chi connectivity index (χ0) is 22.7. The lowest BCUT2D eigenvalue weighted by Crippen LogP contribution is -2.42. The lowest BCUT2D eigenvalue weighted by atomic mass is 9.91. The first-order chi connectivity index (χ1) is 15.4. The molecule has 2 aliphatic carbocycles. The molecule has 32 heavy (non-hydrogen) atoms. The Labute approximate surface area is 205 Å². The first-order valence-electron chi connectivity index (χ1n) is 11.2. The molecule has 0 spiro atoms. The number of thiocarbonyl (C=S) groups is 1. The maximum absolute atomic E-state index is 6.07. The van der Waals surface area contributed by atoms with Crippen molar-refractivity contribution in [1.29, 1.82) is 0 Å². The van der Waals surface area contributed by atoms with Gasteiger partial charge in [-0.25, -0.2) is 4.98 Å². The number of nitrogens with zero attached hydrogens (tertiary/aromatic N) is 3. The molecule has 9 heteroatoms. The first-order valence-corrected chi connectivity index (χ1v) is 12.4. The minimum Gasteiger partial charge on any atom is -0.362 e. The van der Waals surface area contributed by atoms with E-state index in [0.717, 1.165) is 56.0 Å². The van der Waals surface area contributed by atoms with E-state index in [9.17, 15) is 0 Å². The Kier molecular flexibility index (Phi) is 7.59. The zero-order valence-corrected chi connectivity index (χ0v) is 20.9. The number of hydrogen-bond donors (Lipinski definition) is 3. The number of rotatable bonds is 5. The molecule has 0 saturated heterocycles. The van der Waals surface area contributed by atoms with Gasteiger partial charge in [-0.2, -0.15) is 4.98 Å². The fraction of sp³-hybridized carbons (Fsp3) is 0.522. The van der Waals surface area contributed by atoms with E-state index in [-0.39, 0.29) is 0 Å². The van der Waals surface area contributed by atoms with Gasteiger partial charge in [0.25, 0.3) is 0 Å². The molecule has 2 aliphatic rings.